The second-order valence-corrected chi connectivity index (χ2v) is 26.2. The lowest BCUT2D eigenvalue weighted by atomic mass is 9.43. The molecule has 342 valence electrons. The number of benzene rings is 8. The van der Waals surface area contributed by atoms with Crippen LogP contribution < -0.4 is 15.7 Å². The zero-order chi connectivity index (χ0) is 47.9. The summed E-state index contributed by atoms with van der Waals surface area (Å²) in [6, 6.07) is 53.3. The van der Waals surface area contributed by atoms with Gasteiger partial charge in [0.1, 0.15) is 0 Å². The van der Waals surface area contributed by atoms with Crippen molar-refractivity contribution < 1.29 is 0 Å². The van der Waals surface area contributed by atoms with Crippen molar-refractivity contribution in [1.82, 2.24) is 4.57 Å². The third-order valence-electron chi connectivity index (χ3n) is 18.5. The first-order chi connectivity index (χ1) is 33.4. The molecule has 0 saturated heterocycles. The van der Waals surface area contributed by atoms with Crippen molar-refractivity contribution in [2.45, 2.75) is 116 Å². The SMILES string of the molecule is CC(C)(C)c1ccc(N2B3c4cc5c(cc4-n4c6cc7c(cc6c6c8c(c(c3c64)-c3cc4c(cc32)C(C)(C)c2ccccc2-4)C(C)(C)c2ccccc2-8)C(C)(C)CCC7(C)C)sc2ccccc25)cc1. The molecule has 0 bridgehead atoms. The van der Waals surface area contributed by atoms with E-state index in [1.54, 1.807) is 0 Å². The second-order valence-electron chi connectivity index (χ2n) is 25.1. The highest BCUT2D eigenvalue weighted by Gasteiger charge is 2.52. The average Bonchev–Trinajstić information content (AvgIpc) is 4.01. The topological polar surface area (TPSA) is 8.17 Å². The van der Waals surface area contributed by atoms with Crippen LogP contribution in [0, 0.1) is 0 Å². The maximum atomic E-state index is 2.79. The summed E-state index contributed by atoms with van der Waals surface area (Å²) in [5, 5.41) is 5.52. The molecular formula is C66H59BN2S. The lowest BCUT2D eigenvalue weighted by molar-refractivity contribution is 0.332. The molecule has 0 N–H and O–H groups in total. The van der Waals surface area contributed by atoms with Crippen LogP contribution in [0.5, 0.6) is 0 Å². The zero-order valence-electron chi connectivity index (χ0n) is 42.5. The Morgan fingerprint density at radius 1 is 0.514 bits per heavy atom. The molecule has 0 atom stereocenters. The summed E-state index contributed by atoms with van der Waals surface area (Å²) in [4.78, 5) is 2.79. The van der Waals surface area contributed by atoms with E-state index in [1.165, 1.54) is 155 Å². The normalized spacial score (nSPS) is 17.9. The summed E-state index contributed by atoms with van der Waals surface area (Å²) >= 11 is 1.94. The summed E-state index contributed by atoms with van der Waals surface area (Å²) in [6.07, 6.45) is 2.36. The van der Waals surface area contributed by atoms with Gasteiger partial charge >= 0.3 is 6.85 Å². The molecule has 5 aliphatic rings. The minimum atomic E-state index is -0.266. The summed E-state index contributed by atoms with van der Waals surface area (Å²) in [5.41, 5.74) is 27.6. The van der Waals surface area contributed by atoms with E-state index in [0.717, 1.165) is 0 Å². The summed E-state index contributed by atoms with van der Waals surface area (Å²) < 4.78 is 5.47. The van der Waals surface area contributed by atoms with Gasteiger partial charge in [0.2, 0.25) is 0 Å². The van der Waals surface area contributed by atoms with Crippen LogP contribution in [0.2, 0.25) is 0 Å². The first-order valence-corrected chi connectivity index (χ1v) is 26.7. The van der Waals surface area contributed by atoms with Gasteiger partial charge in [-0.2, -0.15) is 0 Å². The van der Waals surface area contributed by atoms with Gasteiger partial charge in [0.05, 0.1) is 11.0 Å². The van der Waals surface area contributed by atoms with E-state index in [-0.39, 0.29) is 33.9 Å². The van der Waals surface area contributed by atoms with E-state index < -0.39 is 0 Å². The van der Waals surface area contributed by atoms with Crippen LogP contribution in [0.15, 0.2) is 133 Å². The molecule has 70 heavy (non-hydrogen) atoms. The Kier molecular flexibility index (Phi) is 7.66. The quantitative estimate of drug-likeness (QED) is 0.149. The van der Waals surface area contributed by atoms with Crippen LogP contribution in [0.3, 0.4) is 0 Å². The number of anilines is 2. The summed E-state index contributed by atoms with van der Waals surface area (Å²) in [7, 11) is 0. The van der Waals surface area contributed by atoms with Gasteiger partial charge in [0, 0.05) is 64.4 Å². The van der Waals surface area contributed by atoms with Gasteiger partial charge in [-0.15, -0.1) is 11.3 Å². The fraction of sp³-hybridized carbons (Fsp3) is 0.273. The van der Waals surface area contributed by atoms with Crippen molar-refractivity contribution in [3.8, 4) is 39.1 Å². The Labute approximate surface area is 417 Å². The highest BCUT2D eigenvalue weighted by atomic mass is 32.1. The number of aromatic nitrogens is 1. The smallest absolute Gasteiger partial charge is 0.333 e. The zero-order valence-corrected chi connectivity index (χ0v) is 43.3. The van der Waals surface area contributed by atoms with E-state index in [2.05, 4.69) is 219 Å². The maximum absolute atomic E-state index is 2.79. The minimum Gasteiger partial charge on any atom is -0.376 e. The van der Waals surface area contributed by atoms with Crippen molar-refractivity contribution in [3.05, 3.63) is 172 Å². The van der Waals surface area contributed by atoms with Crippen molar-refractivity contribution >= 4 is 82.5 Å². The second kappa shape index (κ2) is 12.9. The summed E-state index contributed by atoms with van der Waals surface area (Å²) in [5.74, 6) is 0. The molecule has 0 fully saturated rings. The highest BCUT2D eigenvalue weighted by Crippen LogP contribution is 2.62. The molecule has 8 aromatic carbocycles. The van der Waals surface area contributed by atoms with Crippen LogP contribution in [0.25, 0.3) is 81.0 Å². The number of hydrogen-bond donors (Lipinski definition) is 0. The Morgan fingerprint density at radius 2 is 1.17 bits per heavy atom. The molecule has 2 nitrogen and oxygen atoms in total. The van der Waals surface area contributed by atoms with Gasteiger partial charge in [-0.05, 0) is 155 Å². The molecule has 15 rings (SSSR count). The summed E-state index contributed by atoms with van der Waals surface area (Å²) in [6.45, 7) is 26.8. The van der Waals surface area contributed by atoms with Gasteiger partial charge in [-0.3, -0.25) is 0 Å². The monoisotopic (exact) mass is 922 g/mol. The standard InChI is InChI=1S/C66H59BN2S/c1-62(2,3)36-24-26-37(27-25-36)69-52-33-47-41(38-18-12-15-21-45(38)65(47,8)9)30-43(52)58-59-56(40-20-13-16-22-46(40)66(59,10)11)57-44-31-48-49(64(6,7)29-28-63(48,4)5)34-51(44)68-53-35-55-42(39-19-14-17-23-54(39)70-55)32-50(53)67(69)60(58)61(57)68/h12-27,30-35H,28-29H2,1-11H3. The number of thiophene rings is 1. The van der Waals surface area contributed by atoms with Gasteiger partial charge < -0.3 is 9.38 Å². The average molecular weight is 923 g/mol. The van der Waals surface area contributed by atoms with Gasteiger partial charge in [0.15, 0.2) is 0 Å². The van der Waals surface area contributed by atoms with Crippen LogP contribution in [-0.4, -0.2) is 11.4 Å². The van der Waals surface area contributed by atoms with Crippen LogP contribution in [-0.2, 0) is 27.1 Å². The van der Waals surface area contributed by atoms with Crippen molar-refractivity contribution in [2.75, 3.05) is 4.81 Å². The van der Waals surface area contributed by atoms with Gasteiger partial charge in [0.25, 0.3) is 0 Å². The minimum absolute atomic E-state index is 0.0289. The number of hydrogen-bond acceptors (Lipinski definition) is 2. The van der Waals surface area contributed by atoms with Crippen molar-refractivity contribution in [1.29, 1.82) is 0 Å². The fourth-order valence-corrected chi connectivity index (χ4v) is 15.8. The van der Waals surface area contributed by atoms with E-state index in [1.807, 2.05) is 11.3 Å². The molecule has 3 aliphatic carbocycles. The molecule has 0 amide bonds. The number of rotatable bonds is 1. The molecule has 10 aromatic rings. The van der Waals surface area contributed by atoms with E-state index in [0.29, 0.717) is 0 Å². The molecule has 4 heterocycles. The van der Waals surface area contributed by atoms with E-state index in [4.69, 9.17) is 0 Å². The number of nitrogens with zero attached hydrogens (tertiary/aromatic N) is 2. The fourth-order valence-electron chi connectivity index (χ4n) is 14.7. The lowest BCUT2D eigenvalue weighted by Gasteiger charge is -2.44. The van der Waals surface area contributed by atoms with Gasteiger partial charge in [-0.25, -0.2) is 0 Å². The molecule has 2 aliphatic heterocycles. The Balaban J connectivity index is 1.20. The van der Waals surface area contributed by atoms with Crippen LogP contribution in [0.1, 0.15) is 128 Å². The highest BCUT2D eigenvalue weighted by molar-refractivity contribution is 7.26. The van der Waals surface area contributed by atoms with Crippen molar-refractivity contribution in [3.63, 3.8) is 0 Å². The molecule has 4 heteroatoms. The lowest BCUT2D eigenvalue weighted by Crippen LogP contribution is -2.61. The maximum Gasteiger partial charge on any atom is 0.333 e. The predicted octanol–water partition coefficient (Wildman–Crippen LogP) is 16.6. The number of fused-ring (bicyclic) bond motifs is 20. The van der Waals surface area contributed by atoms with Gasteiger partial charge in [-0.1, -0.05) is 161 Å². The predicted molar refractivity (Wildman–Crippen MR) is 302 cm³/mol. The third kappa shape index (κ3) is 4.97. The van der Waals surface area contributed by atoms with Crippen LogP contribution in [0.4, 0.5) is 11.4 Å². The van der Waals surface area contributed by atoms with E-state index >= 15 is 0 Å². The van der Waals surface area contributed by atoms with Crippen molar-refractivity contribution in [2.24, 2.45) is 0 Å². The molecular weight excluding hydrogens is 864 g/mol. The Hall–Kier alpha value is -6.36. The molecule has 0 unspecified atom stereocenters. The molecule has 0 radical (unpaired) electrons. The Bertz CT molecular complexity index is 4050. The molecule has 0 saturated carbocycles. The first kappa shape index (κ1) is 41.4. The largest absolute Gasteiger partial charge is 0.376 e. The van der Waals surface area contributed by atoms with Crippen LogP contribution >= 0.6 is 11.3 Å². The van der Waals surface area contributed by atoms with E-state index in [9.17, 15) is 0 Å². The Morgan fingerprint density at radius 3 is 1.90 bits per heavy atom. The molecule has 2 aromatic heterocycles. The molecule has 0 spiro atoms. The first-order valence-electron chi connectivity index (χ1n) is 25.8. The third-order valence-corrected chi connectivity index (χ3v) is 19.7.